The van der Waals surface area contributed by atoms with Crippen molar-refractivity contribution in [1.82, 2.24) is 14.8 Å². The Labute approximate surface area is 220 Å². The molecule has 192 valence electrons. The average molecular weight is 531 g/mol. The van der Waals surface area contributed by atoms with E-state index < -0.39 is 0 Å². The molecular formula is C26H31ClN4O4S. The van der Waals surface area contributed by atoms with Gasteiger partial charge in [0.2, 0.25) is 0 Å². The molecule has 1 aromatic heterocycles. The second-order valence-corrected chi connectivity index (χ2v) is 9.83. The van der Waals surface area contributed by atoms with Gasteiger partial charge in [0, 0.05) is 35.7 Å². The number of benzene rings is 2. The van der Waals surface area contributed by atoms with Crippen molar-refractivity contribution in [2.75, 3.05) is 33.1 Å². The second-order valence-electron chi connectivity index (χ2n) is 8.45. The predicted octanol–water partition coefficient (Wildman–Crippen LogP) is 5.57. The Morgan fingerprint density at radius 1 is 1.08 bits per heavy atom. The molecule has 0 aliphatic carbocycles. The van der Waals surface area contributed by atoms with Gasteiger partial charge in [-0.15, -0.1) is 11.3 Å². The maximum Gasteiger partial charge on any atom is 0.322 e. The van der Waals surface area contributed by atoms with Crippen molar-refractivity contribution in [3.8, 4) is 11.5 Å². The Morgan fingerprint density at radius 3 is 2.42 bits per heavy atom. The molecule has 0 atom stereocenters. The van der Waals surface area contributed by atoms with E-state index in [-0.39, 0.29) is 18.0 Å². The molecule has 3 amide bonds. The number of urea groups is 1. The highest BCUT2D eigenvalue weighted by Crippen LogP contribution is 2.28. The maximum absolute atomic E-state index is 12.9. The number of nitrogens with zero attached hydrogens (tertiary/aromatic N) is 3. The molecule has 3 aromatic rings. The number of ether oxygens (including phenoxy) is 2. The zero-order valence-electron chi connectivity index (χ0n) is 21.1. The topological polar surface area (TPSA) is 84.0 Å². The minimum atomic E-state index is -0.248. The molecule has 10 heteroatoms. The smallest absolute Gasteiger partial charge is 0.322 e. The van der Waals surface area contributed by atoms with Gasteiger partial charge in [0.05, 0.1) is 20.8 Å². The van der Waals surface area contributed by atoms with Crippen molar-refractivity contribution in [3.63, 3.8) is 0 Å². The van der Waals surface area contributed by atoms with Crippen LogP contribution in [-0.4, -0.2) is 60.6 Å². The number of amides is 3. The molecule has 8 nitrogen and oxygen atoms in total. The Balaban J connectivity index is 1.60. The number of rotatable bonds is 10. The molecule has 1 N–H and O–H groups in total. The van der Waals surface area contributed by atoms with E-state index in [9.17, 15) is 9.59 Å². The fourth-order valence-electron chi connectivity index (χ4n) is 3.47. The summed E-state index contributed by atoms with van der Waals surface area (Å²) in [5.41, 5.74) is 2.05. The number of hydrogen-bond donors (Lipinski definition) is 1. The van der Waals surface area contributed by atoms with E-state index in [1.165, 1.54) is 11.3 Å². The maximum atomic E-state index is 12.9. The van der Waals surface area contributed by atoms with Gasteiger partial charge in [-0.1, -0.05) is 17.7 Å². The average Bonchev–Trinajstić information content (AvgIpc) is 3.35. The van der Waals surface area contributed by atoms with Crippen molar-refractivity contribution in [1.29, 1.82) is 0 Å². The fraction of sp³-hybridized carbons (Fsp3) is 0.346. The summed E-state index contributed by atoms with van der Waals surface area (Å²) in [6.07, 6.45) is 0.658. The van der Waals surface area contributed by atoms with E-state index in [0.29, 0.717) is 52.4 Å². The minimum Gasteiger partial charge on any atom is -0.493 e. The lowest BCUT2D eigenvalue weighted by atomic mass is 10.1. The molecule has 0 saturated carbocycles. The van der Waals surface area contributed by atoms with Crippen LogP contribution in [0.5, 0.6) is 11.5 Å². The standard InChI is InChI=1S/C26H31ClN4O4S/c1-17(2)31(26(33)28-20-9-7-19(27)8-10-20)15-24-29-21(16-36-24)25(32)30(3)13-12-18-6-11-22(34-4)23(14-18)35-5/h6-11,14,16-17H,12-13,15H2,1-5H3,(H,28,33). The van der Waals surface area contributed by atoms with Crippen LogP contribution >= 0.6 is 22.9 Å². The summed E-state index contributed by atoms with van der Waals surface area (Å²) < 4.78 is 10.6. The highest BCUT2D eigenvalue weighted by atomic mass is 35.5. The van der Waals surface area contributed by atoms with E-state index in [1.54, 1.807) is 60.7 Å². The first kappa shape index (κ1) is 27.3. The van der Waals surface area contributed by atoms with Crippen molar-refractivity contribution in [3.05, 3.63) is 69.1 Å². The molecule has 0 aliphatic rings. The number of carbonyl (C=O) groups is 2. The van der Waals surface area contributed by atoms with Crippen molar-refractivity contribution < 1.29 is 19.1 Å². The van der Waals surface area contributed by atoms with Gasteiger partial charge < -0.3 is 24.6 Å². The molecule has 3 rings (SSSR count). The number of aromatic nitrogens is 1. The minimum absolute atomic E-state index is 0.0653. The van der Waals surface area contributed by atoms with Crippen molar-refractivity contribution in [2.45, 2.75) is 32.9 Å². The number of likely N-dealkylation sites (N-methyl/N-ethyl adjacent to an activating group) is 1. The van der Waals surface area contributed by atoms with Gasteiger partial charge in [-0.2, -0.15) is 0 Å². The number of nitrogens with one attached hydrogen (secondary N) is 1. The lowest BCUT2D eigenvalue weighted by Gasteiger charge is -2.26. The van der Waals surface area contributed by atoms with Gasteiger partial charge in [0.1, 0.15) is 10.7 Å². The molecule has 0 fully saturated rings. The molecule has 0 spiro atoms. The largest absolute Gasteiger partial charge is 0.493 e. The molecule has 0 bridgehead atoms. The Morgan fingerprint density at radius 2 is 1.78 bits per heavy atom. The first-order chi connectivity index (χ1) is 17.2. The number of anilines is 1. The van der Waals surface area contributed by atoms with Gasteiger partial charge in [-0.25, -0.2) is 9.78 Å². The van der Waals surface area contributed by atoms with E-state index in [2.05, 4.69) is 10.3 Å². The normalized spacial score (nSPS) is 10.8. The number of hydrogen-bond acceptors (Lipinski definition) is 6. The zero-order chi connectivity index (χ0) is 26.2. The van der Waals surface area contributed by atoms with Crippen LogP contribution in [-0.2, 0) is 13.0 Å². The third kappa shape index (κ3) is 7.11. The van der Waals surface area contributed by atoms with Crippen molar-refractivity contribution in [2.24, 2.45) is 0 Å². The summed E-state index contributed by atoms with van der Waals surface area (Å²) in [5.74, 6) is 1.15. The van der Waals surface area contributed by atoms with Gasteiger partial charge >= 0.3 is 6.03 Å². The van der Waals surface area contributed by atoms with Gasteiger partial charge in [-0.05, 0) is 62.2 Å². The molecule has 2 aromatic carbocycles. The number of halogens is 1. The number of thiazole rings is 1. The van der Waals surface area contributed by atoms with E-state index >= 15 is 0 Å². The first-order valence-corrected chi connectivity index (χ1v) is 12.7. The van der Waals surface area contributed by atoms with Crippen LogP contribution in [0.15, 0.2) is 47.8 Å². The van der Waals surface area contributed by atoms with Crippen LogP contribution in [0.4, 0.5) is 10.5 Å². The van der Waals surface area contributed by atoms with Gasteiger partial charge in [0.25, 0.3) is 5.91 Å². The Bertz CT molecular complexity index is 1180. The predicted molar refractivity (Wildman–Crippen MR) is 143 cm³/mol. The third-order valence-corrected chi connectivity index (χ3v) is 6.67. The van der Waals surface area contributed by atoms with Crippen LogP contribution in [0.3, 0.4) is 0 Å². The van der Waals surface area contributed by atoms with Crippen LogP contribution in [0.25, 0.3) is 0 Å². The molecular weight excluding hydrogens is 500 g/mol. The molecule has 0 saturated heterocycles. The fourth-order valence-corrected chi connectivity index (χ4v) is 4.37. The summed E-state index contributed by atoms with van der Waals surface area (Å²) in [6, 6.07) is 12.3. The molecule has 0 aliphatic heterocycles. The van der Waals surface area contributed by atoms with Crippen molar-refractivity contribution >= 4 is 40.6 Å². The summed E-state index contributed by atoms with van der Waals surface area (Å²) in [6.45, 7) is 4.68. The summed E-state index contributed by atoms with van der Waals surface area (Å²) in [4.78, 5) is 33.6. The molecule has 1 heterocycles. The first-order valence-electron chi connectivity index (χ1n) is 11.5. The summed E-state index contributed by atoms with van der Waals surface area (Å²) in [7, 11) is 4.94. The monoisotopic (exact) mass is 530 g/mol. The lowest BCUT2D eigenvalue weighted by Crippen LogP contribution is -2.39. The van der Waals surface area contributed by atoms with Gasteiger partial charge in [0.15, 0.2) is 11.5 Å². The second kappa shape index (κ2) is 12.6. The summed E-state index contributed by atoms with van der Waals surface area (Å²) in [5, 5.41) is 5.90. The van der Waals surface area contributed by atoms with Crippen LogP contribution in [0, 0.1) is 0 Å². The van der Waals surface area contributed by atoms with E-state index in [4.69, 9.17) is 21.1 Å². The van der Waals surface area contributed by atoms with Gasteiger partial charge in [-0.3, -0.25) is 4.79 Å². The number of carbonyl (C=O) groups excluding carboxylic acids is 2. The third-order valence-electron chi connectivity index (χ3n) is 5.59. The molecule has 0 unspecified atom stereocenters. The highest BCUT2D eigenvalue weighted by Gasteiger charge is 2.21. The Kier molecular flexibility index (Phi) is 9.55. The zero-order valence-corrected chi connectivity index (χ0v) is 22.7. The van der Waals surface area contributed by atoms with Crippen LogP contribution < -0.4 is 14.8 Å². The number of methoxy groups -OCH3 is 2. The van der Waals surface area contributed by atoms with E-state index in [0.717, 1.165) is 5.56 Å². The Hall–Kier alpha value is -3.30. The quantitative estimate of drug-likeness (QED) is 0.370. The molecule has 36 heavy (non-hydrogen) atoms. The van der Waals surface area contributed by atoms with Crippen LogP contribution in [0.2, 0.25) is 5.02 Å². The summed E-state index contributed by atoms with van der Waals surface area (Å²) >= 11 is 7.28. The van der Waals surface area contributed by atoms with Crippen LogP contribution in [0.1, 0.15) is 34.9 Å². The lowest BCUT2D eigenvalue weighted by molar-refractivity contribution is 0.0791. The molecule has 0 radical (unpaired) electrons. The van der Waals surface area contributed by atoms with E-state index in [1.807, 2.05) is 32.0 Å². The SMILES string of the molecule is COc1ccc(CCN(C)C(=O)c2csc(CN(C(=O)Nc3ccc(Cl)cc3)C(C)C)n2)cc1OC. The highest BCUT2D eigenvalue weighted by molar-refractivity contribution is 7.09.